The van der Waals surface area contributed by atoms with Crippen molar-refractivity contribution in [3.05, 3.63) is 24.3 Å². The number of nitrogens with one attached hydrogen (secondary N) is 2. The fourth-order valence-electron chi connectivity index (χ4n) is 0.874. The molecule has 0 aliphatic heterocycles. The molecule has 0 bridgehead atoms. The first-order valence-corrected chi connectivity index (χ1v) is 4.12. The van der Waals surface area contributed by atoms with Crippen molar-refractivity contribution in [1.29, 1.82) is 0 Å². The van der Waals surface area contributed by atoms with E-state index in [0.29, 0.717) is 0 Å². The summed E-state index contributed by atoms with van der Waals surface area (Å²) in [6.45, 7) is 0. The number of amides is 2. The maximum atomic E-state index is 10.8. The molecule has 0 aliphatic carbocycles. The number of ether oxygens (including phenoxy) is 2. The molecule has 0 unspecified atom stereocenters. The summed E-state index contributed by atoms with van der Waals surface area (Å²) in [7, 11) is 0. The Morgan fingerprint density at radius 3 is 1.81 bits per heavy atom. The lowest BCUT2D eigenvalue weighted by Gasteiger charge is -2.06. The van der Waals surface area contributed by atoms with E-state index >= 15 is 0 Å². The molecule has 0 saturated heterocycles. The van der Waals surface area contributed by atoms with Crippen molar-refractivity contribution in [1.82, 2.24) is 10.9 Å². The van der Waals surface area contributed by atoms with Gasteiger partial charge in [0.1, 0.15) is 11.5 Å². The highest BCUT2D eigenvalue weighted by molar-refractivity contribution is 5.71. The monoisotopic (exact) mass is 226 g/mol. The zero-order chi connectivity index (χ0) is 12.0. The van der Waals surface area contributed by atoms with Crippen LogP contribution in [0.1, 0.15) is 0 Å². The van der Waals surface area contributed by atoms with Crippen molar-refractivity contribution in [2.24, 2.45) is 11.7 Å². The van der Waals surface area contributed by atoms with Gasteiger partial charge in [-0.3, -0.25) is 10.9 Å². The van der Waals surface area contributed by atoms with Gasteiger partial charge >= 0.3 is 12.2 Å². The summed E-state index contributed by atoms with van der Waals surface area (Å²) in [5.41, 5.74) is 3.57. The maximum absolute atomic E-state index is 10.8. The number of carbonyl (C=O) groups is 2. The molecule has 8 nitrogen and oxygen atoms in total. The molecule has 8 heteroatoms. The van der Waals surface area contributed by atoms with Crippen LogP contribution in [0, 0.1) is 0 Å². The third-order valence-electron chi connectivity index (χ3n) is 1.46. The molecular weight excluding hydrogens is 216 g/mol. The lowest BCUT2D eigenvalue weighted by atomic mass is 10.3. The first-order chi connectivity index (χ1) is 7.65. The molecule has 0 atom stereocenters. The van der Waals surface area contributed by atoms with Crippen LogP contribution in [0.3, 0.4) is 0 Å². The summed E-state index contributed by atoms with van der Waals surface area (Å²) in [6, 6.07) is 5.83. The van der Waals surface area contributed by atoms with Crippen molar-refractivity contribution in [3.63, 3.8) is 0 Å². The van der Waals surface area contributed by atoms with Gasteiger partial charge in [-0.15, -0.1) is 0 Å². The van der Waals surface area contributed by atoms with Gasteiger partial charge in [-0.25, -0.2) is 21.3 Å². The summed E-state index contributed by atoms with van der Waals surface area (Å²) in [4.78, 5) is 21.5. The van der Waals surface area contributed by atoms with E-state index in [1.807, 2.05) is 0 Å². The Morgan fingerprint density at radius 1 is 1.00 bits per heavy atom. The molecule has 16 heavy (non-hydrogen) atoms. The fourth-order valence-corrected chi connectivity index (χ4v) is 0.874. The van der Waals surface area contributed by atoms with E-state index in [2.05, 4.69) is 0 Å². The Morgan fingerprint density at radius 2 is 1.44 bits per heavy atom. The number of hydrogen-bond acceptors (Lipinski definition) is 6. The molecule has 0 saturated carbocycles. The highest BCUT2D eigenvalue weighted by Crippen LogP contribution is 2.19. The predicted molar refractivity (Wildman–Crippen MR) is 53.1 cm³/mol. The second-order valence-corrected chi connectivity index (χ2v) is 2.54. The van der Waals surface area contributed by atoms with E-state index in [1.165, 1.54) is 24.3 Å². The quantitative estimate of drug-likeness (QED) is 0.309. The van der Waals surface area contributed by atoms with Crippen LogP contribution < -0.4 is 32.0 Å². The highest BCUT2D eigenvalue weighted by Gasteiger charge is 2.05. The van der Waals surface area contributed by atoms with Crippen molar-refractivity contribution in [2.45, 2.75) is 0 Å². The van der Waals surface area contributed by atoms with Crippen molar-refractivity contribution >= 4 is 12.2 Å². The smallest absolute Gasteiger partial charge is 0.409 e. The SMILES string of the molecule is NNC(=O)Oc1cccc(OC(=O)NN)c1. The molecule has 86 valence electrons. The van der Waals surface area contributed by atoms with Crippen LogP contribution in [0.15, 0.2) is 24.3 Å². The van der Waals surface area contributed by atoms with Gasteiger partial charge in [0.15, 0.2) is 0 Å². The van der Waals surface area contributed by atoms with E-state index in [4.69, 9.17) is 21.2 Å². The average Bonchev–Trinajstić information content (AvgIpc) is 2.29. The molecule has 0 aromatic heterocycles. The largest absolute Gasteiger partial charge is 0.426 e. The van der Waals surface area contributed by atoms with Crippen molar-refractivity contribution < 1.29 is 19.1 Å². The Labute approximate surface area is 90.4 Å². The molecule has 1 aromatic rings. The molecule has 0 fully saturated rings. The lowest BCUT2D eigenvalue weighted by Crippen LogP contribution is -2.33. The van der Waals surface area contributed by atoms with Gasteiger partial charge in [0.05, 0.1) is 0 Å². The van der Waals surface area contributed by atoms with E-state index in [1.54, 1.807) is 10.9 Å². The Hall–Kier alpha value is -2.32. The minimum absolute atomic E-state index is 0.172. The third kappa shape index (κ3) is 3.44. The van der Waals surface area contributed by atoms with Crippen molar-refractivity contribution in [3.8, 4) is 11.5 Å². The number of hydrogen-bond donors (Lipinski definition) is 4. The lowest BCUT2D eigenvalue weighted by molar-refractivity contribution is 0.199. The third-order valence-corrected chi connectivity index (χ3v) is 1.46. The molecule has 1 rings (SSSR count). The van der Waals surface area contributed by atoms with Gasteiger partial charge in [0.2, 0.25) is 0 Å². The molecule has 2 amide bonds. The molecular formula is C8H10N4O4. The van der Waals surface area contributed by atoms with Crippen LogP contribution in [0.4, 0.5) is 9.59 Å². The van der Waals surface area contributed by atoms with Gasteiger partial charge in [0, 0.05) is 6.07 Å². The average molecular weight is 226 g/mol. The van der Waals surface area contributed by atoms with Crippen LogP contribution in [-0.2, 0) is 0 Å². The number of benzene rings is 1. The minimum Gasteiger partial charge on any atom is -0.409 e. The van der Waals surface area contributed by atoms with Crippen LogP contribution in [0.25, 0.3) is 0 Å². The number of carbonyl (C=O) groups excluding carboxylic acids is 2. The van der Waals surface area contributed by atoms with E-state index < -0.39 is 12.2 Å². The van der Waals surface area contributed by atoms with E-state index in [0.717, 1.165) is 0 Å². The Kier molecular flexibility index (Phi) is 4.07. The summed E-state index contributed by atoms with van der Waals surface area (Å²) in [6.07, 6.45) is -1.67. The van der Waals surface area contributed by atoms with E-state index in [-0.39, 0.29) is 11.5 Å². The maximum Gasteiger partial charge on any atom is 0.426 e. The summed E-state index contributed by atoms with van der Waals surface area (Å²) in [5.74, 6) is 9.99. The normalized spacial score (nSPS) is 9.12. The zero-order valence-electron chi connectivity index (χ0n) is 8.10. The van der Waals surface area contributed by atoms with Crippen molar-refractivity contribution in [2.75, 3.05) is 0 Å². The van der Waals surface area contributed by atoms with Crippen LogP contribution in [0.5, 0.6) is 11.5 Å². The molecule has 0 heterocycles. The summed E-state index contributed by atoms with van der Waals surface area (Å²) >= 11 is 0. The topological polar surface area (TPSA) is 129 Å². The van der Waals surface area contributed by atoms with Crippen LogP contribution >= 0.6 is 0 Å². The second-order valence-electron chi connectivity index (χ2n) is 2.54. The molecule has 0 spiro atoms. The standard InChI is InChI=1S/C8H10N4O4/c9-11-7(13)15-5-2-1-3-6(4-5)16-8(14)12-10/h1-4H,9-10H2,(H,11,13)(H,12,14). The van der Waals surface area contributed by atoms with Gasteiger partial charge in [-0.2, -0.15) is 0 Å². The van der Waals surface area contributed by atoms with Gasteiger partial charge < -0.3 is 9.47 Å². The van der Waals surface area contributed by atoms with Crippen LogP contribution in [-0.4, -0.2) is 12.2 Å². The number of rotatable bonds is 2. The second kappa shape index (κ2) is 5.53. The fraction of sp³-hybridized carbons (Fsp3) is 0. The first kappa shape index (κ1) is 11.8. The van der Waals surface area contributed by atoms with Gasteiger partial charge in [-0.1, -0.05) is 6.07 Å². The highest BCUT2D eigenvalue weighted by atomic mass is 16.6. The first-order valence-electron chi connectivity index (χ1n) is 4.12. The predicted octanol–water partition coefficient (Wildman–Crippen LogP) is -0.389. The number of nitrogens with two attached hydrogens (primary N) is 2. The molecule has 0 aliphatic rings. The molecule has 1 aromatic carbocycles. The Bertz CT molecular complexity index is 362. The molecule has 0 radical (unpaired) electrons. The minimum atomic E-state index is -0.833. The van der Waals surface area contributed by atoms with Gasteiger partial charge in [-0.05, 0) is 12.1 Å². The van der Waals surface area contributed by atoms with Gasteiger partial charge in [0.25, 0.3) is 0 Å². The van der Waals surface area contributed by atoms with E-state index in [9.17, 15) is 9.59 Å². The van der Waals surface area contributed by atoms with Crippen LogP contribution in [0.2, 0.25) is 0 Å². The zero-order valence-corrected chi connectivity index (χ0v) is 8.10. The Balaban J connectivity index is 2.71. The number of hydrazine groups is 2. The summed E-state index contributed by atoms with van der Waals surface area (Å²) in [5, 5.41) is 0. The molecule has 6 N–H and O–H groups in total. The summed E-state index contributed by atoms with van der Waals surface area (Å²) < 4.78 is 9.40.